The molecule has 0 amide bonds. The molecule has 0 saturated heterocycles. The van der Waals surface area contributed by atoms with Crippen molar-refractivity contribution in [2.24, 2.45) is 0 Å². The Hall–Kier alpha value is -1.08. The van der Waals surface area contributed by atoms with Crippen molar-refractivity contribution in [3.63, 3.8) is 0 Å². The van der Waals surface area contributed by atoms with E-state index >= 15 is 0 Å². The minimum absolute atomic E-state index is 0.00139. The lowest BCUT2D eigenvalue weighted by atomic mass is 9.86. The van der Waals surface area contributed by atoms with Crippen molar-refractivity contribution >= 4 is 15.9 Å². The summed E-state index contributed by atoms with van der Waals surface area (Å²) in [5, 5.41) is 0. The Morgan fingerprint density at radius 2 is 2.05 bits per heavy atom. The van der Waals surface area contributed by atoms with Gasteiger partial charge in [-0.2, -0.15) is 0 Å². The molecule has 0 atom stereocenters. The topological polar surface area (TPSA) is 35.0 Å². The number of aromatic nitrogens is 2. The molecule has 1 aliphatic rings. The summed E-state index contributed by atoms with van der Waals surface area (Å²) >= 11 is 3.86. The number of rotatable bonds is 3. The van der Waals surface area contributed by atoms with Gasteiger partial charge in [0.15, 0.2) is 6.61 Å². The largest absolute Gasteiger partial charge is 0.464 e. The molecule has 1 heterocycles. The van der Waals surface area contributed by atoms with Gasteiger partial charge in [-0.3, -0.25) is 0 Å². The normalized spacial score (nSPS) is 17.4. The van der Waals surface area contributed by atoms with Crippen LogP contribution in [0, 0.1) is 11.8 Å². The molecule has 1 fully saturated rings. The zero-order chi connectivity index (χ0) is 13.6. The summed E-state index contributed by atoms with van der Waals surface area (Å²) in [6.07, 6.45) is 8.48. The van der Waals surface area contributed by atoms with Gasteiger partial charge in [0.1, 0.15) is 6.33 Å². The Bertz CT molecular complexity index is 473. The number of ether oxygens (including phenoxy) is 1. The minimum Gasteiger partial charge on any atom is -0.464 e. The maximum atomic E-state index is 5.54. The number of alkyl halides is 1. The quantitative estimate of drug-likeness (QED) is 0.626. The summed E-state index contributed by atoms with van der Waals surface area (Å²) in [5.41, 5.74) is 1.03. The molecular weight excluding hydrogens is 304 g/mol. The molecule has 1 saturated carbocycles. The highest BCUT2D eigenvalue weighted by Gasteiger charge is 2.32. The monoisotopic (exact) mass is 322 g/mol. The molecular formula is C15H19BrN2O. The van der Waals surface area contributed by atoms with Crippen LogP contribution in [0.4, 0.5) is 0 Å². The van der Waals surface area contributed by atoms with E-state index in [-0.39, 0.29) is 4.32 Å². The summed E-state index contributed by atoms with van der Waals surface area (Å²) in [7, 11) is 0. The van der Waals surface area contributed by atoms with Crippen molar-refractivity contribution in [2.45, 2.75) is 49.8 Å². The molecule has 0 aliphatic heterocycles. The summed E-state index contributed by atoms with van der Waals surface area (Å²) < 4.78 is 5.54. The van der Waals surface area contributed by atoms with Gasteiger partial charge in [-0.1, -0.05) is 48.0 Å². The molecule has 1 aliphatic carbocycles. The van der Waals surface area contributed by atoms with E-state index in [1.807, 2.05) is 13.0 Å². The smallest absolute Gasteiger partial charge is 0.217 e. The van der Waals surface area contributed by atoms with Gasteiger partial charge in [-0.15, -0.1) is 5.92 Å². The summed E-state index contributed by atoms with van der Waals surface area (Å²) in [4.78, 5) is 8.55. The number of hydrogen-bond acceptors (Lipinski definition) is 3. The molecule has 19 heavy (non-hydrogen) atoms. The average molecular weight is 323 g/mol. The van der Waals surface area contributed by atoms with Gasteiger partial charge in [-0.25, -0.2) is 9.97 Å². The van der Waals surface area contributed by atoms with E-state index in [0.717, 1.165) is 25.0 Å². The molecule has 3 nitrogen and oxygen atoms in total. The van der Waals surface area contributed by atoms with E-state index in [2.05, 4.69) is 37.7 Å². The Kier molecular flexibility index (Phi) is 5.21. The van der Waals surface area contributed by atoms with E-state index in [9.17, 15) is 0 Å². The number of nitrogens with zero attached hydrogens (tertiary/aromatic N) is 2. The van der Waals surface area contributed by atoms with Crippen LogP contribution in [0.25, 0.3) is 0 Å². The summed E-state index contributed by atoms with van der Waals surface area (Å²) in [5.74, 6) is 6.53. The van der Waals surface area contributed by atoms with Gasteiger partial charge >= 0.3 is 0 Å². The van der Waals surface area contributed by atoms with Crippen molar-refractivity contribution in [1.29, 1.82) is 0 Å². The van der Waals surface area contributed by atoms with Crippen molar-refractivity contribution in [3.05, 3.63) is 18.1 Å². The third-order valence-electron chi connectivity index (χ3n) is 3.34. The van der Waals surface area contributed by atoms with Gasteiger partial charge in [0.25, 0.3) is 0 Å². The summed E-state index contributed by atoms with van der Waals surface area (Å²) in [6.45, 7) is 2.41. The fourth-order valence-electron chi connectivity index (χ4n) is 2.32. The lowest BCUT2D eigenvalue weighted by molar-refractivity contribution is 0.349. The van der Waals surface area contributed by atoms with Gasteiger partial charge in [0, 0.05) is 12.5 Å². The van der Waals surface area contributed by atoms with Crippen molar-refractivity contribution in [1.82, 2.24) is 9.97 Å². The predicted molar refractivity (Wildman–Crippen MR) is 79.3 cm³/mol. The molecule has 0 radical (unpaired) electrons. The first-order chi connectivity index (χ1) is 9.24. The highest BCUT2D eigenvalue weighted by atomic mass is 79.9. The summed E-state index contributed by atoms with van der Waals surface area (Å²) in [6, 6.07) is 1.94. The van der Waals surface area contributed by atoms with E-state index < -0.39 is 0 Å². The molecule has 0 bridgehead atoms. The molecule has 0 unspecified atom stereocenters. The van der Waals surface area contributed by atoms with Crippen molar-refractivity contribution in [2.75, 3.05) is 6.61 Å². The van der Waals surface area contributed by atoms with Crippen LogP contribution >= 0.6 is 15.9 Å². The van der Waals surface area contributed by atoms with Gasteiger partial charge in [0.2, 0.25) is 5.88 Å². The SMILES string of the molecule is CCC#CCOc1cc(C2(Br)CCCCC2)ncn1. The maximum absolute atomic E-state index is 5.54. The lowest BCUT2D eigenvalue weighted by Crippen LogP contribution is -2.23. The van der Waals surface area contributed by atoms with Crippen LogP contribution in [0.15, 0.2) is 12.4 Å². The van der Waals surface area contributed by atoms with Gasteiger partial charge in [-0.05, 0) is 12.8 Å². The Balaban J connectivity index is 2.05. The third kappa shape index (κ3) is 3.94. The van der Waals surface area contributed by atoms with Gasteiger partial charge in [0.05, 0.1) is 10.0 Å². The first-order valence-corrected chi connectivity index (χ1v) is 7.64. The van der Waals surface area contributed by atoms with Crippen LogP contribution in [0.2, 0.25) is 0 Å². The van der Waals surface area contributed by atoms with Gasteiger partial charge < -0.3 is 4.74 Å². The molecule has 4 heteroatoms. The van der Waals surface area contributed by atoms with E-state index in [4.69, 9.17) is 4.74 Å². The van der Waals surface area contributed by atoms with E-state index in [1.54, 1.807) is 6.33 Å². The Labute approximate surface area is 123 Å². The zero-order valence-corrected chi connectivity index (χ0v) is 12.9. The minimum atomic E-state index is 0.00139. The van der Waals surface area contributed by atoms with Crippen LogP contribution in [-0.4, -0.2) is 16.6 Å². The Morgan fingerprint density at radius 1 is 1.26 bits per heavy atom. The standard InChI is InChI=1S/C15H19BrN2O/c1-2-3-7-10-19-14-11-13(17-12-18-14)15(16)8-5-4-6-9-15/h11-12H,2,4-6,8-10H2,1H3. The van der Waals surface area contributed by atoms with Crippen LogP contribution in [0.3, 0.4) is 0 Å². The number of halogens is 1. The van der Waals surface area contributed by atoms with E-state index in [1.165, 1.54) is 19.3 Å². The van der Waals surface area contributed by atoms with Crippen LogP contribution in [-0.2, 0) is 4.32 Å². The zero-order valence-electron chi connectivity index (χ0n) is 11.3. The molecule has 0 spiro atoms. The van der Waals surface area contributed by atoms with Crippen LogP contribution in [0.1, 0.15) is 51.1 Å². The molecule has 0 aromatic carbocycles. The fraction of sp³-hybridized carbons (Fsp3) is 0.600. The molecule has 1 aromatic heterocycles. The fourth-order valence-corrected chi connectivity index (χ4v) is 3.10. The van der Waals surface area contributed by atoms with Crippen LogP contribution < -0.4 is 4.74 Å². The molecule has 2 rings (SSSR count). The molecule has 102 valence electrons. The highest BCUT2D eigenvalue weighted by Crippen LogP contribution is 2.44. The second kappa shape index (κ2) is 6.91. The lowest BCUT2D eigenvalue weighted by Gasteiger charge is -2.30. The first kappa shape index (κ1) is 14.3. The number of hydrogen-bond donors (Lipinski definition) is 0. The second-order valence-corrected chi connectivity index (χ2v) is 6.28. The van der Waals surface area contributed by atoms with Crippen molar-refractivity contribution < 1.29 is 4.74 Å². The highest BCUT2D eigenvalue weighted by molar-refractivity contribution is 9.09. The van der Waals surface area contributed by atoms with Crippen molar-refractivity contribution in [3.8, 4) is 17.7 Å². The maximum Gasteiger partial charge on any atom is 0.217 e. The molecule has 0 N–H and O–H groups in total. The third-order valence-corrected chi connectivity index (χ3v) is 4.54. The molecule has 1 aromatic rings. The first-order valence-electron chi connectivity index (χ1n) is 6.84. The second-order valence-electron chi connectivity index (χ2n) is 4.76. The average Bonchev–Trinajstić information content (AvgIpc) is 2.45. The van der Waals surface area contributed by atoms with E-state index in [0.29, 0.717) is 12.5 Å². The van der Waals surface area contributed by atoms with Crippen LogP contribution in [0.5, 0.6) is 5.88 Å². The predicted octanol–water partition coefficient (Wildman–Crippen LogP) is 3.82. The Morgan fingerprint density at radius 3 is 2.79 bits per heavy atom.